The monoisotopic (exact) mass is 793 g/mol. The molecule has 1 spiro atoms. The summed E-state index contributed by atoms with van der Waals surface area (Å²) in [6, 6.07) is 70.3. The van der Waals surface area contributed by atoms with Crippen molar-refractivity contribution in [2.45, 2.75) is 38.5 Å². The summed E-state index contributed by atoms with van der Waals surface area (Å²) in [7, 11) is 0. The molecule has 62 heavy (non-hydrogen) atoms. The van der Waals surface area contributed by atoms with Gasteiger partial charge in [0.2, 0.25) is 0 Å². The standard InChI is InChI=1S/C60H43NO/c1-36-16-5-6-17-40(36)41-30-28-38(34-37(41)2)61(39-29-31-44-42-18-7-11-23-49(42)59(3,4)53(44)35-39)54-26-15-22-46-43-19-8-12-24-50(43)60(57(46)54)51-25-13-9-21-48(51)56-52(60)33-32-47-45-20-10-14-27-55(45)62-58(47)56/h5-35H,1-4H3. The lowest BCUT2D eigenvalue weighted by atomic mass is 9.70. The summed E-state index contributed by atoms with van der Waals surface area (Å²) in [6.45, 7) is 9.23. The molecule has 10 aromatic rings. The molecule has 0 saturated heterocycles. The SMILES string of the molecule is Cc1ccccc1-c1ccc(N(c2ccc3c(c2)C(C)(C)c2ccccc2-3)c2cccc3c2C2(c4ccccc4-3)c3ccccc3-c3c2ccc2c3oc3ccccc32)cc1C. The predicted molar refractivity (Wildman–Crippen MR) is 257 cm³/mol. The van der Waals surface area contributed by atoms with E-state index in [1.54, 1.807) is 0 Å². The van der Waals surface area contributed by atoms with Gasteiger partial charge in [0.25, 0.3) is 0 Å². The minimum Gasteiger partial charge on any atom is -0.455 e. The Labute approximate surface area is 362 Å². The lowest BCUT2D eigenvalue weighted by Gasteiger charge is -2.36. The van der Waals surface area contributed by atoms with E-state index in [-0.39, 0.29) is 5.41 Å². The molecule has 2 heteroatoms. The van der Waals surface area contributed by atoms with Crippen molar-refractivity contribution < 1.29 is 4.42 Å². The van der Waals surface area contributed by atoms with Crippen LogP contribution in [0, 0.1) is 13.8 Å². The fraction of sp³-hybridized carbons (Fsp3) is 0.100. The molecule has 0 amide bonds. The topological polar surface area (TPSA) is 16.4 Å². The zero-order chi connectivity index (χ0) is 41.5. The molecule has 0 bridgehead atoms. The summed E-state index contributed by atoms with van der Waals surface area (Å²) < 4.78 is 6.89. The average molecular weight is 794 g/mol. The molecule has 294 valence electrons. The van der Waals surface area contributed by atoms with Gasteiger partial charge in [-0.05, 0) is 128 Å². The van der Waals surface area contributed by atoms with Crippen LogP contribution in [0.1, 0.15) is 58.4 Å². The van der Waals surface area contributed by atoms with E-state index in [0.717, 1.165) is 33.3 Å². The maximum Gasteiger partial charge on any atom is 0.143 e. The quantitative estimate of drug-likeness (QED) is 0.176. The molecule has 9 aromatic carbocycles. The Hall–Kier alpha value is -7.42. The molecular weight excluding hydrogens is 751 g/mol. The van der Waals surface area contributed by atoms with Crippen molar-refractivity contribution in [3.63, 3.8) is 0 Å². The Bertz CT molecular complexity index is 3550. The molecule has 3 aliphatic carbocycles. The highest BCUT2D eigenvalue weighted by Crippen LogP contribution is 2.66. The molecule has 1 heterocycles. The minimum absolute atomic E-state index is 0.157. The largest absolute Gasteiger partial charge is 0.455 e. The number of para-hydroxylation sites is 1. The van der Waals surface area contributed by atoms with Crippen molar-refractivity contribution in [2.24, 2.45) is 0 Å². The number of benzene rings is 9. The lowest BCUT2D eigenvalue weighted by molar-refractivity contribution is 0.660. The van der Waals surface area contributed by atoms with Gasteiger partial charge < -0.3 is 9.32 Å². The highest BCUT2D eigenvalue weighted by Gasteiger charge is 2.54. The van der Waals surface area contributed by atoms with Crippen LogP contribution >= 0.6 is 0 Å². The van der Waals surface area contributed by atoms with Crippen molar-refractivity contribution in [2.75, 3.05) is 4.90 Å². The molecular formula is C60H43NO. The van der Waals surface area contributed by atoms with Crippen LogP contribution in [0.3, 0.4) is 0 Å². The molecule has 3 aliphatic rings. The molecule has 1 atom stereocenters. The van der Waals surface area contributed by atoms with Gasteiger partial charge in [-0.15, -0.1) is 0 Å². The van der Waals surface area contributed by atoms with Gasteiger partial charge in [-0.2, -0.15) is 0 Å². The molecule has 2 nitrogen and oxygen atoms in total. The van der Waals surface area contributed by atoms with Crippen LogP contribution in [0.4, 0.5) is 17.1 Å². The smallest absolute Gasteiger partial charge is 0.143 e. The zero-order valence-corrected chi connectivity index (χ0v) is 35.3. The Balaban J connectivity index is 1.13. The van der Waals surface area contributed by atoms with E-state index < -0.39 is 5.41 Å². The maximum atomic E-state index is 6.89. The Kier molecular flexibility index (Phi) is 7.16. The number of rotatable bonds is 4. The molecule has 0 aliphatic heterocycles. The molecule has 0 fully saturated rings. The molecule has 0 saturated carbocycles. The molecule has 13 rings (SSSR count). The summed E-state index contributed by atoms with van der Waals surface area (Å²) >= 11 is 0. The zero-order valence-electron chi connectivity index (χ0n) is 35.3. The van der Waals surface area contributed by atoms with Gasteiger partial charge in [-0.25, -0.2) is 0 Å². The fourth-order valence-corrected chi connectivity index (χ4v) is 11.8. The number of anilines is 3. The number of hydrogen-bond acceptors (Lipinski definition) is 2. The van der Waals surface area contributed by atoms with Gasteiger partial charge in [-0.3, -0.25) is 0 Å². The number of furan rings is 1. The minimum atomic E-state index is -0.609. The van der Waals surface area contributed by atoms with Gasteiger partial charge in [0.1, 0.15) is 11.2 Å². The summed E-state index contributed by atoms with van der Waals surface area (Å²) in [5, 5.41) is 2.30. The van der Waals surface area contributed by atoms with Gasteiger partial charge in [0, 0.05) is 38.7 Å². The number of fused-ring (bicyclic) bond motifs is 17. The average Bonchev–Trinajstić information content (AvgIpc) is 3.99. The maximum absolute atomic E-state index is 6.89. The predicted octanol–water partition coefficient (Wildman–Crippen LogP) is 16.0. The van der Waals surface area contributed by atoms with Crippen LogP contribution in [0.15, 0.2) is 192 Å². The van der Waals surface area contributed by atoms with Gasteiger partial charge >= 0.3 is 0 Å². The first kappa shape index (κ1) is 35.3. The van der Waals surface area contributed by atoms with Crippen LogP contribution in [0.25, 0.3) is 66.4 Å². The van der Waals surface area contributed by atoms with Crippen LogP contribution < -0.4 is 4.90 Å². The summed E-state index contributed by atoms with van der Waals surface area (Å²) in [5.41, 5.74) is 25.1. The van der Waals surface area contributed by atoms with Gasteiger partial charge in [-0.1, -0.05) is 166 Å². The third-order valence-corrected chi connectivity index (χ3v) is 14.6. The summed E-state index contributed by atoms with van der Waals surface area (Å²) in [4.78, 5) is 2.56. The first-order chi connectivity index (χ1) is 30.4. The van der Waals surface area contributed by atoms with E-state index >= 15 is 0 Å². The van der Waals surface area contributed by atoms with Gasteiger partial charge in [0.15, 0.2) is 0 Å². The number of hydrogen-bond donors (Lipinski definition) is 0. The molecule has 0 N–H and O–H groups in total. The van der Waals surface area contributed by atoms with E-state index in [9.17, 15) is 0 Å². The van der Waals surface area contributed by atoms with Crippen LogP contribution in [-0.4, -0.2) is 0 Å². The second-order valence-electron chi connectivity index (χ2n) is 18.1. The second kappa shape index (κ2) is 12.6. The van der Waals surface area contributed by atoms with E-state index in [1.807, 2.05) is 0 Å². The Morgan fingerprint density at radius 2 is 0.984 bits per heavy atom. The Morgan fingerprint density at radius 3 is 1.76 bits per heavy atom. The van der Waals surface area contributed by atoms with E-state index in [0.29, 0.717) is 0 Å². The van der Waals surface area contributed by atoms with E-state index in [1.165, 1.54) is 94.7 Å². The number of aryl methyl sites for hydroxylation is 2. The van der Waals surface area contributed by atoms with Crippen molar-refractivity contribution in [1.29, 1.82) is 0 Å². The third kappa shape index (κ3) is 4.49. The fourth-order valence-electron chi connectivity index (χ4n) is 11.8. The Morgan fingerprint density at radius 1 is 0.403 bits per heavy atom. The molecule has 0 radical (unpaired) electrons. The first-order valence-electron chi connectivity index (χ1n) is 21.8. The van der Waals surface area contributed by atoms with Crippen molar-refractivity contribution >= 4 is 39.0 Å². The van der Waals surface area contributed by atoms with Crippen LogP contribution in [0.5, 0.6) is 0 Å². The van der Waals surface area contributed by atoms with Crippen molar-refractivity contribution in [3.8, 4) is 44.5 Å². The third-order valence-electron chi connectivity index (χ3n) is 14.6. The van der Waals surface area contributed by atoms with E-state index in [4.69, 9.17) is 4.42 Å². The van der Waals surface area contributed by atoms with Crippen LogP contribution in [0.2, 0.25) is 0 Å². The van der Waals surface area contributed by atoms with Crippen molar-refractivity contribution in [3.05, 3.63) is 233 Å². The van der Waals surface area contributed by atoms with Crippen molar-refractivity contribution in [1.82, 2.24) is 0 Å². The second-order valence-corrected chi connectivity index (χ2v) is 18.1. The summed E-state index contributed by atoms with van der Waals surface area (Å²) in [6.07, 6.45) is 0. The number of nitrogens with zero attached hydrogens (tertiary/aromatic N) is 1. The molecule has 1 aromatic heterocycles. The highest BCUT2D eigenvalue weighted by atomic mass is 16.3. The lowest BCUT2D eigenvalue weighted by Crippen LogP contribution is -2.28. The van der Waals surface area contributed by atoms with Gasteiger partial charge in [0.05, 0.1) is 11.1 Å². The first-order valence-corrected chi connectivity index (χ1v) is 21.8. The van der Waals surface area contributed by atoms with Crippen LogP contribution in [-0.2, 0) is 10.8 Å². The highest BCUT2D eigenvalue weighted by molar-refractivity contribution is 6.13. The molecule has 1 unspecified atom stereocenters. The summed E-state index contributed by atoms with van der Waals surface area (Å²) in [5.74, 6) is 0. The van der Waals surface area contributed by atoms with E-state index in [2.05, 4.69) is 221 Å². The normalized spacial score (nSPS) is 15.9.